The van der Waals surface area contributed by atoms with E-state index in [-0.39, 0.29) is 22.7 Å². The van der Waals surface area contributed by atoms with E-state index in [9.17, 15) is 13.2 Å². The van der Waals surface area contributed by atoms with E-state index in [0.29, 0.717) is 23.4 Å². The summed E-state index contributed by atoms with van der Waals surface area (Å²) in [6.07, 6.45) is 0.616. The molecule has 3 aromatic carbocycles. The molecule has 31 heavy (non-hydrogen) atoms. The summed E-state index contributed by atoms with van der Waals surface area (Å²) in [6, 6.07) is 22.3. The van der Waals surface area contributed by atoms with E-state index in [4.69, 9.17) is 4.74 Å². The van der Waals surface area contributed by atoms with Gasteiger partial charge in [-0.25, -0.2) is 8.42 Å². The van der Waals surface area contributed by atoms with Gasteiger partial charge in [-0.2, -0.15) is 0 Å². The van der Waals surface area contributed by atoms with Gasteiger partial charge in [-0.05, 0) is 61.9 Å². The van der Waals surface area contributed by atoms with Crippen LogP contribution in [0.4, 0.5) is 5.69 Å². The zero-order valence-electron chi connectivity index (χ0n) is 17.1. The number of amides is 1. The molecule has 1 aliphatic heterocycles. The Balaban J connectivity index is 1.42. The van der Waals surface area contributed by atoms with Gasteiger partial charge >= 0.3 is 0 Å². The van der Waals surface area contributed by atoms with Gasteiger partial charge < -0.3 is 10.1 Å². The molecule has 1 atom stereocenters. The highest BCUT2D eigenvalue weighted by atomic mass is 32.2. The number of hydrogen-bond donors (Lipinski definition) is 1. The molecule has 0 saturated carbocycles. The van der Waals surface area contributed by atoms with Crippen molar-refractivity contribution in [2.45, 2.75) is 23.5 Å². The zero-order chi connectivity index (χ0) is 21.8. The van der Waals surface area contributed by atoms with E-state index in [0.717, 1.165) is 10.6 Å². The number of sulfone groups is 1. The number of carbonyl (C=O) groups excluding carboxylic acids is 1. The average molecular weight is 454 g/mol. The molecule has 4 rings (SSSR count). The van der Waals surface area contributed by atoms with Gasteiger partial charge in [0.15, 0.2) is 9.84 Å². The van der Waals surface area contributed by atoms with Crippen LogP contribution >= 0.6 is 11.8 Å². The third kappa shape index (κ3) is 5.68. The molecule has 0 bridgehead atoms. The van der Waals surface area contributed by atoms with Crippen LogP contribution in [0.3, 0.4) is 0 Å². The molecule has 1 N–H and O–H groups in total. The number of thioether (sulfide) groups is 1. The maximum absolute atomic E-state index is 12.9. The van der Waals surface area contributed by atoms with Gasteiger partial charge in [-0.1, -0.05) is 29.8 Å². The van der Waals surface area contributed by atoms with E-state index < -0.39 is 9.84 Å². The van der Waals surface area contributed by atoms with E-state index in [1.165, 1.54) is 17.3 Å². The molecular formula is C24H23NO4S2. The highest BCUT2D eigenvalue weighted by Crippen LogP contribution is 2.33. The Bertz CT molecular complexity index is 1170. The highest BCUT2D eigenvalue weighted by molar-refractivity contribution is 8.02. The molecule has 0 radical (unpaired) electrons. The first-order chi connectivity index (χ1) is 14.9. The summed E-state index contributed by atoms with van der Waals surface area (Å²) in [5.41, 5.74) is 2.36. The lowest BCUT2D eigenvalue weighted by atomic mass is 10.2. The Labute approximate surface area is 186 Å². The van der Waals surface area contributed by atoms with Gasteiger partial charge in [0, 0.05) is 15.8 Å². The monoisotopic (exact) mass is 453 g/mol. The average Bonchev–Trinajstić information content (AvgIpc) is 3.09. The number of rotatable bonds is 6. The molecule has 0 aromatic heterocycles. The van der Waals surface area contributed by atoms with Crippen molar-refractivity contribution < 1.29 is 17.9 Å². The van der Waals surface area contributed by atoms with Crippen molar-refractivity contribution in [3.63, 3.8) is 0 Å². The van der Waals surface area contributed by atoms with Crippen molar-refractivity contribution in [2.24, 2.45) is 0 Å². The summed E-state index contributed by atoms with van der Waals surface area (Å²) in [4.78, 5) is 13.7. The van der Waals surface area contributed by atoms with Crippen LogP contribution in [0.1, 0.15) is 22.3 Å². The third-order valence-corrected chi connectivity index (χ3v) is 8.31. The van der Waals surface area contributed by atoms with Gasteiger partial charge in [0.05, 0.1) is 17.1 Å². The van der Waals surface area contributed by atoms with Crippen LogP contribution in [-0.2, 0) is 9.84 Å². The van der Waals surface area contributed by atoms with Crippen molar-refractivity contribution in [2.75, 3.05) is 16.8 Å². The molecular weight excluding hydrogens is 430 g/mol. The number of anilines is 1. The minimum Gasteiger partial charge on any atom is -0.457 e. The Kier molecular flexibility index (Phi) is 6.34. The lowest BCUT2D eigenvalue weighted by molar-refractivity contribution is 0.102. The molecule has 160 valence electrons. The first kappa shape index (κ1) is 21.5. The van der Waals surface area contributed by atoms with E-state index in [1.54, 1.807) is 30.3 Å². The van der Waals surface area contributed by atoms with Crippen molar-refractivity contribution in [3.8, 4) is 11.5 Å². The topological polar surface area (TPSA) is 72.5 Å². The number of aryl methyl sites for hydroxylation is 1. The predicted molar refractivity (Wildman–Crippen MR) is 125 cm³/mol. The minimum absolute atomic E-state index is 0.0165. The number of ether oxygens (including phenoxy) is 1. The van der Waals surface area contributed by atoms with Crippen LogP contribution in [0.25, 0.3) is 0 Å². The maximum Gasteiger partial charge on any atom is 0.256 e. The van der Waals surface area contributed by atoms with Gasteiger partial charge in [-0.15, -0.1) is 11.8 Å². The highest BCUT2D eigenvalue weighted by Gasteiger charge is 2.29. The molecule has 1 amide bonds. The number of hydrogen-bond acceptors (Lipinski definition) is 5. The summed E-state index contributed by atoms with van der Waals surface area (Å²) >= 11 is 1.46. The lowest BCUT2D eigenvalue weighted by Gasteiger charge is -2.13. The smallest absolute Gasteiger partial charge is 0.256 e. The fourth-order valence-electron chi connectivity index (χ4n) is 3.34. The van der Waals surface area contributed by atoms with Crippen molar-refractivity contribution in [1.29, 1.82) is 0 Å². The normalized spacial score (nSPS) is 17.3. The van der Waals surface area contributed by atoms with Gasteiger partial charge in [-0.3, -0.25) is 4.79 Å². The number of benzene rings is 3. The number of carbonyl (C=O) groups is 1. The summed E-state index contributed by atoms with van der Waals surface area (Å²) < 4.78 is 29.3. The molecule has 1 heterocycles. The first-order valence-electron chi connectivity index (χ1n) is 10.00. The standard InChI is InChI=1S/C24H23NO4S2/c1-17-6-10-19(11-7-17)29-20-12-8-18(9-13-20)25-24(26)22-4-2-3-5-23(22)30-21-14-15-31(27,28)16-21/h2-13,21H,14-16H2,1H3,(H,25,26). The molecule has 1 unspecified atom stereocenters. The third-order valence-electron chi connectivity index (χ3n) is 4.98. The Morgan fingerprint density at radius 3 is 2.26 bits per heavy atom. The molecule has 7 heteroatoms. The molecule has 5 nitrogen and oxygen atoms in total. The Morgan fingerprint density at radius 1 is 0.968 bits per heavy atom. The SMILES string of the molecule is Cc1ccc(Oc2ccc(NC(=O)c3ccccc3SC3CCS(=O)(=O)C3)cc2)cc1. The fourth-order valence-corrected chi connectivity index (χ4v) is 6.96. The fraction of sp³-hybridized carbons (Fsp3) is 0.208. The predicted octanol–water partition coefficient (Wildman–Crippen LogP) is 5.32. The Hall–Kier alpha value is -2.77. The van der Waals surface area contributed by atoms with Crippen LogP contribution in [0.15, 0.2) is 77.7 Å². The van der Waals surface area contributed by atoms with E-state index in [2.05, 4.69) is 5.32 Å². The van der Waals surface area contributed by atoms with Gasteiger partial charge in [0.1, 0.15) is 11.5 Å². The molecule has 3 aromatic rings. The zero-order valence-corrected chi connectivity index (χ0v) is 18.7. The molecule has 0 aliphatic carbocycles. The van der Waals surface area contributed by atoms with Crippen LogP contribution < -0.4 is 10.1 Å². The minimum atomic E-state index is -2.96. The number of nitrogens with one attached hydrogen (secondary N) is 1. The van der Waals surface area contributed by atoms with Gasteiger partial charge in [0.2, 0.25) is 0 Å². The second kappa shape index (κ2) is 9.16. The summed E-state index contributed by atoms with van der Waals surface area (Å²) in [5.74, 6) is 1.59. The van der Waals surface area contributed by atoms with Crippen molar-refractivity contribution in [1.82, 2.24) is 0 Å². The molecule has 1 fully saturated rings. The van der Waals surface area contributed by atoms with Gasteiger partial charge in [0.25, 0.3) is 5.91 Å². The van der Waals surface area contributed by atoms with Crippen molar-refractivity contribution in [3.05, 3.63) is 83.9 Å². The van der Waals surface area contributed by atoms with Crippen LogP contribution in [-0.4, -0.2) is 31.1 Å². The van der Waals surface area contributed by atoms with E-state index >= 15 is 0 Å². The molecule has 1 aliphatic rings. The second-order valence-corrected chi connectivity index (χ2v) is 11.1. The van der Waals surface area contributed by atoms with Crippen LogP contribution in [0.2, 0.25) is 0 Å². The largest absolute Gasteiger partial charge is 0.457 e. The van der Waals surface area contributed by atoms with Crippen LogP contribution in [0.5, 0.6) is 11.5 Å². The summed E-state index contributed by atoms with van der Waals surface area (Å²) in [6.45, 7) is 2.02. The molecule has 1 saturated heterocycles. The molecule has 0 spiro atoms. The lowest BCUT2D eigenvalue weighted by Crippen LogP contribution is -2.14. The van der Waals surface area contributed by atoms with Crippen molar-refractivity contribution >= 4 is 33.2 Å². The van der Waals surface area contributed by atoms with E-state index in [1.807, 2.05) is 49.4 Å². The quantitative estimate of drug-likeness (QED) is 0.547. The van der Waals surface area contributed by atoms with Crippen LogP contribution in [0, 0.1) is 6.92 Å². The Morgan fingerprint density at radius 2 is 1.61 bits per heavy atom. The first-order valence-corrected chi connectivity index (χ1v) is 12.7. The maximum atomic E-state index is 12.9. The summed E-state index contributed by atoms with van der Waals surface area (Å²) in [5, 5.41) is 2.90. The summed E-state index contributed by atoms with van der Waals surface area (Å²) in [7, 11) is -2.96. The second-order valence-electron chi connectivity index (χ2n) is 7.53.